The van der Waals surface area contributed by atoms with E-state index in [1.807, 2.05) is 37.0 Å². The molecule has 42 heavy (non-hydrogen) atoms. The van der Waals surface area contributed by atoms with Gasteiger partial charge in [-0.15, -0.1) is 0 Å². The molecule has 2 aromatic carbocycles. The molecule has 6 nitrogen and oxygen atoms in total. The third kappa shape index (κ3) is 6.37. The average Bonchev–Trinajstić information content (AvgIpc) is 3.57. The minimum absolute atomic E-state index is 0.00998. The largest absolute Gasteiger partial charge is 0.419 e. The molecule has 2 N–H and O–H groups in total. The number of fused-ring (bicyclic) bond motifs is 1. The van der Waals surface area contributed by atoms with Gasteiger partial charge in [0.1, 0.15) is 0 Å². The summed E-state index contributed by atoms with van der Waals surface area (Å²) < 4.78 is 42.7. The summed E-state index contributed by atoms with van der Waals surface area (Å²) in [5, 5.41) is 9.87. The van der Waals surface area contributed by atoms with Gasteiger partial charge in [-0.1, -0.05) is 50.1 Å². The number of rotatable bonds is 12. The van der Waals surface area contributed by atoms with E-state index in [4.69, 9.17) is 16.7 Å². The number of nitrogens with one attached hydrogen (secondary N) is 2. The van der Waals surface area contributed by atoms with Crippen molar-refractivity contribution in [2.45, 2.75) is 59.2 Å². The fourth-order valence-electron chi connectivity index (χ4n) is 5.26. The van der Waals surface area contributed by atoms with Gasteiger partial charge >= 0.3 is 6.18 Å². The number of H-pyrrole nitrogens is 1. The Hall–Kier alpha value is -3.69. The van der Waals surface area contributed by atoms with Crippen molar-refractivity contribution in [1.29, 1.82) is 0 Å². The number of aromatic nitrogens is 3. The Labute approximate surface area is 249 Å². The monoisotopic (exact) mass is 596 g/mol. The fourth-order valence-corrected chi connectivity index (χ4v) is 5.60. The zero-order valence-corrected chi connectivity index (χ0v) is 25.1. The summed E-state index contributed by atoms with van der Waals surface area (Å²) in [6.45, 7) is 10.0. The van der Waals surface area contributed by atoms with Crippen molar-refractivity contribution >= 4 is 35.4 Å². The molecule has 4 rings (SSSR count). The Kier molecular flexibility index (Phi) is 10.1. The lowest BCUT2D eigenvalue weighted by Crippen LogP contribution is -2.13. The molecule has 0 aliphatic heterocycles. The summed E-state index contributed by atoms with van der Waals surface area (Å²) in [7, 11) is 1.86. The second kappa shape index (κ2) is 13.5. The molecule has 0 saturated heterocycles. The molecule has 0 aliphatic rings. The Bertz CT molecular complexity index is 1630. The number of aryl methyl sites for hydroxylation is 3. The number of halogens is 4. The number of para-hydroxylation sites is 1. The first kappa shape index (κ1) is 31.3. The molecule has 0 spiro atoms. The number of likely N-dealkylation sites (N-methyl/N-ethyl adjacent to an activating group) is 1. The zero-order valence-electron chi connectivity index (χ0n) is 24.4. The van der Waals surface area contributed by atoms with Crippen LogP contribution in [0.3, 0.4) is 0 Å². The van der Waals surface area contributed by atoms with Crippen LogP contribution in [-0.2, 0) is 25.8 Å². The number of nitrogens with zero attached hydrogens (tertiary/aromatic N) is 4. The molecular weight excluding hydrogens is 561 g/mol. The minimum Gasteiger partial charge on any atom is -0.360 e. The molecule has 0 saturated carbocycles. The van der Waals surface area contributed by atoms with Crippen LogP contribution in [0, 0.1) is 6.92 Å². The van der Waals surface area contributed by atoms with Crippen LogP contribution in [0.15, 0.2) is 58.3 Å². The van der Waals surface area contributed by atoms with Crippen LogP contribution in [0.2, 0.25) is 5.02 Å². The lowest BCUT2D eigenvalue weighted by atomic mass is 9.96. The van der Waals surface area contributed by atoms with E-state index in [0.29, 0.717) is 30.6 Å². The van der Waals surface area contributed by atoms with E-state index in [-0.39, 0.29) is 6.54 Å². The van der Waals surface area contributed by atoms with Gasteiger partial charge in [-0.05, 0) is 62.4 Å². The van der Waals surface area contributed by atoms with Crippen molar-refractivity contribution in [3.8, 4) is 16.9 Å². The van der Waals surface area contributed by atoms with Crippen molar-refractivity contribution in [2.75, 3.05) is 13.6 Å². The van der Waals surface area contributed by atoms with Gasteiger partial charge in [0.2, 0.25) is 0 Å². The Morgan fingerprint density at radius 3 is 2.64 bits per heavy atom. The summed E-state index contributed by atoms with van der Waals surface area (Å²) in [6, 6.07) is 10.2. The van der Waals surface area contributed by atoms with E-state index in [0.717, 1.165) is 74.9 Å². The van der Waals surface area contributed by atoms with Crippen molar-refractivity contribution in [2.24, 2.45) is 9.98 Å². The highest BCUT2D eigenvalue weighted by molar-refractivity contribution is 6.36. The predicted molar refractivity (Wildman–Crippen MR) is 167 cm³/mol. The molecule has 2 heterocycles. The van der Waals surface area contributed by atoms with Gasteiger partial charge in [0.05, 0.1) is 39.7 Å². The lowest BCUT2D eigenvalue weighted by Gasteiger charge is -2.18. The highest BCUT2D eigenvalue weighted by Gasteiger charge is 2.32. The maximum Gasteiger partial charge on any atom is 0.419 e. The van der Waals surface area contributed by atoms with Gasteiger partial charge in [-0.3, -0.25) is 9.98 Å². The van der Waals surface area contributed by atoms with Gasteiger partial charge in [0, 0.05) is 48.1 Å². The van der Waals surface area contributed by atoms with Crippen LogP contribution < -0.4 is 5.32 Å². The van der Waals surface area contributed by atoms with E-state index >= 15 is 0 Å². The molecule has 4 aromatic rings. The molecule has 10 heteroatoms. The summed E-state index contributed by atoms with van der Waals surface area (Å²) in [5.74, 6) is 0. The number of aromatic amines is 1. The van der Waals surface area contributed by atoms with Crippen LogP contribution in [-0.4, -0.2) is 47.5 Å². The topological polar surface area (TPSA) is 70.4 Å². The van der Waals surface area contributed by atoms with E-state index in [2.05, 4.69) is 59.0 Å². The highest BCUT2D eigenvalue weighted by atomic mass is 35.5. The maximum absolute atomic E-state index is 13.6. The van der Waals surface area contributed by atoms with Crippen molar-refractivity contribution in [3.63, 3.8) is 0 Å². The Morgan fingerprint density at radius 2 is 1.98 bits per heavy atom. The summed E-state index contributed by atoms with van der Waals surface area (Å²) in [5.41, 5.74) is 7.16. The number of allylic oxidation sites excluding steroid dienone is 1. The molecule has 0 aliphatic carbocycles. The lowest BCUT2D eigenvalue weighted by molar-refractivity contribution is -0.0857. The maximum atomic E-state index is 13.6. The molecular formula is C32H36ClF3N6. The van der Waals surface area contributed by atoms with Gasteiger partial charge in [-0.2, -0.15) is 18.3 Å². The van der Waals surface area contributed by atoms with Crippen LogP contribution in [0.25, 0.3) is 27.8 Å². The van der Waals surface area contributed by atoms with Crippen molar-refractivity contribution in [1.82, 2.24) is 20.1 Å². The minimum atomic E-state index is -4.60. The second-order valence-corrected chi connectivity index (χ2v) is 10.5. The van der Waals surface area contributed by atoms with Crippen LogP contribution in [0.5, 0.6) is 0 Å². The number of hydrogen-bond donors (Lipinski definition) is 2. The third-order valence-electron chi connectivity index (χ3n) is 7.26. The number of aliphatic imine (C=N–C) groups is 2. The average molecular weight is 597 g/mol. The van der Waals surface area contributed by atoms with Crippen LogP contribution in [0.4, 0.5) is 13.2 Å². The molecule has 2 aromatic heterocycles. The molecule has 222 valence electrons. The first-order valence-corrected chi connectivity index (χ1v) is 14.4. The van der Waals surface area contributed by atoms with E-state index < -0.39 is 11.7 Å². The Morgan fingerprint density at radius 1 is 1.19 bits per heavy atom. The summed E-state index contributed by atoms with van der Waals surface area (Å²) >= 11 is 6.78. The quantitative estimate of drug-likeness (QED) is 0.163. The molecule has 0 amide bonds. The van der Waals surface area contributed by atoms with Gasteiger partial charge in [0.15, 0.2) is 0 Å². The third-order valence-corrected chi connectivity index (χ3v) is 7.69. The predicted octanol–water partition coefficient (Wildman–Crippen LogP) is 7.98. The van der Waals surface area contributed by atoms with Crippen LogP contribution in [0.1, 0.15) is 48.2 Å². The van der Waals surface area contributed by atoms with E-state index in [1.165, 1.54) is 0 Å². The fraction of sp³-hybridized carbons (Fsp3) is 0.344. The first-order valence-electron chi connectivity index (χ1n) is 14.0. The molecule has 0 atom stereocenters. The first-order chi connectivity index (χ1) is 20.2. The number of hydrogen-bond acceptors (Lipinski definition) is 4. The number of alkyl halides is 3. The van der Waals surface area contributed by atoms with Crippen molar-refractivity contribution in [3.05, 3.63) is 81.3 Å². The van der Waals surface area contributed by atoms with Crippen LogP contribution >= 0.6 is 11.6 Å². The smallest absolute Gasteiger partial charge is 0.360 e. The molecule has 0 unspecified atom stereocenters. The SMILES string of the molecule is C=N/C=C(\C=N/Cc1c(CCNC)nn(-c2c(C)cccc2CCC)c1-c1cc(CC)c(Cl)c2[nH]ccc12)C(F)(F)F. The molecule has 0 radical (unpaired) electrons. The van der Waals surface area contributed by atoms with E-state index in [9.17, 15) is 13.2 Å². The van der Waals surface area contributed by atoms with E-state index in [1.54, 1.807) is 0 Å². The van der Waals surface area contributed by atoms with Gasteiger partial charge in [0.25, 0.3) is 0 Å². The van der Waals surface area contributed by atoms with Crippen molar-refractivity contribution < 1.29 is 13.2 Å². The second-order valence-electron chi connectivity index (χ2n) is 10.1. The standard InChI is InChI=1S/C32H36ClF3N6/c1-6-9-22-11-8-10-20(3)30(22)42-31(25-16-21(7-2)28(33)29-24(25)12-15-40-29)26(27(41-42)13-14-37-4)19-39-18-23(17-38-5)32(34,35)36/h8,10-12,15-18,37,40H,5-7,9,13-14,19H2,1-4H3/b23-17+,39-18-. The Balaban J connectivity index is 2.07. The highest BCUT2D eigenvalue weighted by Crippen LogP contribution is 2.40. The molecule has 0 fully saturated rings. The summed E-state index contributed by atoms with van der Waals surface area (Å²) in [6.07, 6.45) is 1.81. The number of benzene rings is 2. The van der Waals surface area contributed by atoms with Gasteiger partial charge < -0.3 is 10.3 Å². The molecule has 0 bridgehead atoms. The van der Waals surface area contributed by atoms with Gasteiger partial charge in [-0.25, -0.2) is 4.68 Å². The summed E-state index contributed by atoms with van der Waals surface area (Å²) in [4.78, 5) is 10.9. The zero-order chi connectivity index (χ0) is 30.4. The normalized spacial score (nSPS) is 12.6.